The van der Waals surface area contributed by atoms with Crippen LogP contribution in [0, 0.1) is 0 Å². The fraction of sp³-hybridized carbons (Fsp3) is 0.571. The Kier molecular flexibility index (Phi) is 3.23. The highest BCUT2D eigenvalue weighted by molar-refractivity contribution is 5.46. The van der Waals surface area contributed by atoms with E-state index in [1.54, 1.807) is 26.0 Å². The topological polar surface area (TPSA) is 43.7 Å². The monoisotopic (exact) mass is 253 g/mol. The third kappa shape index (κ3) is 2.75. The summed E-state index contributed by atoms with van der Waals surface area (Å²) in [6.07, 6.45) is 0.763. The molecule has 0 spiro atoms. The van der Waals surface area contributed by atoms with E-state index in [2.05, 4.69) is 11.8 Å². The first-order valence-electron chi connectivity index (χ1n) is 6.23. The number of phenols is 2. The molecule has 2 rings (SSSR count). The van der Waals surface area contributed by atoms with Crippen molar-refractivity contribution >= 4 is 0 Å². The van der Waals surface area contributed by atoms with Crippen LogP contribution in [0.1, 0.15) is 31.9 Å². The maximum Gasteiger partial charge on any atom is 0.157 e. The molecule has 18 heavy (non-hydrogen) atoms. The summed E-state index contributed by atoms with van der Waals surface area (Å²) in [5.41, 5.74) is 0.767. The molecule has 1 aromatic carbocycles. The molecule has 0 saturated carbocycles. The Morgan fingerprint density at radius 3 is 2.39 bits per heavy atom. The minimum atomic E-state index is -1.23. The number of hydrogen-bond acceptors (Lipinski definition) is 3. The molecule has 0 fully saturated rings. The average molecular weight is 253 g/mol. The number of alkyl halides is 1. The van der Waals surface area contributed by atoms with Gasteiger partial charge in [0.15, 0.2) is 11.5 Å². The summed E-state index contributed by atoms with van der Waals surface area (Å²) in [4.78, 5) is 2.07. The van der Waals surface area contributed by atoms with Crippen LogP contribution in [-0.2, 0) is 13.0 Å². The predicted octanol–water partition coefficient (Wildman–Crippen LogP) is 2.59. The van der Waals surface area contributed by atoms with Gasteiger partial charge in [0.1, 0.15) is 5.67 Å². The van der Waals surface area contributed by atoms with Crippen molar-refractivity contribution in [3.8, 4) is 11.5 Å². The molecule has 0 bridgehead atoms. The average Bonchev–Trinajstić information content (AvgIpc) is 2.20. The number of hydrogen-bond donors (Lipinski definition) is 2. The van der Waals surface area contributed by atoms with E-state index >= 15 is 0 Å². The summed E-state index contributed by atoms with van der Waals surface area (Å²) in [7, 11) is 0. The Morgan fingerprint density at radius 2 is 1.83 bits per heavy atom. The van der Waals surface area contributed by atoms with Crippen molar-refractivity contribution in [3.05, 3.63) is 23.3 Å². The first-order valence-corrected chi connectivity index (χ1v) is 6.23. The molecule has 2 N–H and O–H groups in total. The van der Waals surface area contributed by atoms with Crippen molar-refractivity contribution in [2.75, 3.05) is 6.54 Å². The number of halogens is 1. The van der Waals surface area contributed by atoms with Gasteiger partial charge in [-0.2, -0.15) is 0 Å². The zero-order valence-corrected chi connectivity index (χ0v) is 11.1. The second-order valence-corrected chi connectivity index (χ2v) is 5.79. The summed E-state index contributed by atoms with van der Waals surface area (Å²) in [6, 6.07) is 3.42. The molecule has 0 amide bonds. The molecule has 0 saturated heterocycles. The number of aromatic hydroxyl groups is 2. The zero-order chi connectivity index (χ0) is 13.5. The van der Waals surface area contributed by atoms with Crippen LogP contribution in [0.25, 0.3) is 0 Å². The summed E-state index contributed by atoms with van der Waals surface area (Å²) < 4.78 is 13.7. The molecule has 3 nitrogen and oxygen atoms in total. The lowest BCUT2D eigenvalue weighted by Gasteiger charge is -2.37. The van der Waals surface area contributed by atoms with Crippen molar-refractivity contribution in [1.82, 2.24) is 4.90 Å². The molecule has 1 aromatic rings. The normalized spacial score (nSPS) is 20.8. The standard InChI is InChI=1S/C14H20FNO2/c1-9-4-10-5-12(17)13(18)6-11(10)7-16(9)8-14(2,3)15/h5-6,9,17-18H,4,7-8H2,1-3H3. The number of rotatable bonds is 2. The van der Waals surface area contributed by atoms with E-state index in [0.29, 0.717) is 13.1 Å². The van der Waals surface area contributed by atoms with Crippen molar-refractivity contribution in [3.63, 3.8) is 0 Å². The van der Waals surface area contributed by atoms with Crippen LogP contribution in [0.3, 0.4) is 0 Å². The summed E-state index contributed by atoms with van der Waals surface area (Å²) in [5, 5.41) is 19.0. The fourth-order valence-corrected chi connectivity index (χ4v) is 2.52. The van der Waals surface area contributed by atoms with E-state index in [1.807, 2.05) is 0 Å². The van der Waals surface area contributed by atoms with Crippen molar-refractivity contribution in [2.45, 2.75) is 45.4 Å². The van der Waals surface area contributed by atoms with Crippen molar-refractivity contribution < 1.29 is 14.6 Å². The van der Waals surface area contributed by atoms with Gasteiger partial charge in [0, 0.05) is 19.1 Å². The Hall–Kier alpha value is -1.29. The molecule has 100 valence electrons. The molecule has 1 aliphatic heterocycles. The van der Waals surface area contributed by atoms with Crippen LogP contribution in [0.4, 0.5) is 4.39 Å². The molecule has 1 atom stereocenters. The maximum absolute atomic E-state index is 13.7. The summed E-state index contributed by atoms with van der Waals surface area (Å²) >= 11 is 0. The van der Waals surface area contributed by atoms with Crippen LogP contribution in [0.15, 0.2) is 12.1 Å². The quantitative estimate of drug-likeness (QED) is 0.796. The Balaban J connectivity index is 2.24. The van der Waals surface area contributed by atoms with Gasteiger partial charge in [0.05, 0.1) is 0 Å². The Labute approximate surface area is 107 Å². The van der Waals surface area contributed by atoms with E-state index in [9.17, 15) is 14.6 Å². The van der Waals surface area contributed by atoms with E-state index in [4.69, 9.17) is 0 Å². The molecule has 0 aliphatic carbocycles. The molecule has 1 heterocycles. The molecular formula is C14H20FNO2. The predicted molar refractivity (Wildman–Crippen MR) is 68.5 cm³/mol. The minimum Gasteiger partial charge on any atom is -0.504 e. The van der Waals surface area contributed by atoms with Gasteiger partial charge in [0.2, 0.25) is 0 Å². The number of nitrogens with zero attached hydrogens (tertiary/aromatic N) is 1. The van der Waals surface area contributed by atoms with Gasteiger partial charge in [-0.05, 0) is 50.5 Å². The zero-order valence-electron chi connectivity index (χ0n) is 11.1. The Morgan fingerprint density at radius 1 is 1.28 bits per heavy atom. The van der Waals surface area contributed by atoms with Crippen LogP contribution in [-0.4, -0.2) is 33.4 Å². The van der Waals surface area contributed by atoms with Gasteiger partial charge in [-0.25, -0.2) is 4.39 Å². The van der Waals surface area contributed by atoms with E-state index in [1.165, 1.54) is 0 Å². The summed E-state index contributed by atoms with van der Waals surface area (Å²) in [5.74, 6) is -0.192. The highest BCUT2D eigenvalue weighted by atomic mass is 19.1. The molecule has 0 aromatic heterocycles. The molecule has 0 radical (unpaired) electrons. The van der Waals surface area contributed by atoms with Gasteiger partial charge in [0.25, 0.3) is 0 Å². The van der Waals surface area contributed by atoms with E-state index in [0.717, 1.165) is 17.5 Å². The lowest BCUT2D eigenvalue weighted by Crippen LogP contribution is -2.44. The number of fused-ring (bicyclic) bond motifs is 1. The third-order valence-corrected chi connectivity index (χ3v) is 3.39. The fourth-order valence-electron chi connectivity index (χ4n) is 2.52. The number of benzene rings is 1. The first-order chi connectivity index (χ1) is 8.26. The minimum absolute atomic E-state index is 0.0831. The number of phenolic OH excluding ortho intramolecular Hbond substituents is 2. The molecule has 1 unspecified atom stereocenters. The van der Waals surface area contributed by atoms with Gasteiger partial charge in [-0.15, -0.1) is 0 Å². The van der Waals surface area contributed by atoms with Crippen LogP contribution >= 0.6 is 0 Å². The third-order valence-electron chi connectivity index (χ3n) is 3.39. The molecular weight excluding hydrogens is 233 g/mol. The first kappa shape index (κ1) is 13.1. The van der Waals surface area contributed by atoms with Crippen LogP contribution in [0.2, 0.25) is 0 Å². The lowest BCUT2D eigenvalue weighted by atomic mass is 9.93. The maximum atomic E-state index is 13.7. The largest absolute Gasteiger partial charge is 0.504 e. The Bertz CT molecular complexity index is 454. The van der Waals surface area contributed by atoms with Gasteiger partial charge in [-0.1, -0.05) is 0 Å². The second-order valence-electron chi connectivity index (χ2n) is 5.79. The second kappa shape index (κ2) is 4.43. The highest BCUT2D eigenvalue weighted by Gasteiger charge is 2.29. The van der Waals surface area contributed by atoms with E-state index in [-0.39, 0.29) is 17.5 Å². The lowest BCUT2D eigenvalue weighted by molar-refractivity contribution is 0.0858. The van der Waals surface area contributed by atoms with E-state index < -0.39 is 5.67 Å². The van der Waals surface area contributed by atoms with Gasteiger partial charge < -0.3 is 10.2 Å². The molecule has 4 heteroatoms. The molecule has 1 aliphatic rings. The van der Waals surface area contributed by atoms with Crippen molar-refractivity contribution in [1.29, 1.82) is 0 Å². The smallest absolute Gasteiger partial charge is 0.157 e. The summed E-state index contributed by atoms with van der Waals surface area (Å²) in [6.45, 7) is 6.18. The van der Waals surface area contributed by atoms with Gasteiger partial charge in [-0.3, -0.25) is 4.90 Å². The van der Waals surface area contributed by atoms with Gasteiger partial charge >= 0.3 is 0 Å². The van der Waals surface area contributed by atoms with Crippen molar-refractivity contribution in [2.24, 2.45) is 0 Å². The highest BCUT2D eigenvalue weighted by Crippen LogP contribution is 2.33. The van der Waals surface area contributed by atoms with Crippen LogP contribution < -0.4 is 0 Å². The SMILES string of the molecule is CC1Cc2cc(O)c(O)cc2CN1CC(C)(C)F. The van der Waals surface area contributed by atoms with Crippen LogP contribution in [0.5, 0.6) is 11.5 Å².